The number of carbonyl (C=O) groups is 2. The fraction of sp³-hybridized carbons (Fsp3) is 0.222. The summed E-state index contributed by atoms with van der Waals surface area (Å²) in [6.07, 6.45) is 0. The van der Waals surface area contributed by atoms with Crippen LogP contribution in [0.2, 0.25) is 0 Å². The molecule has 0 aliphatic rings. The second kappa shape index (κ2) is 9.86. The topological polar surface area (TPSA) is 177 Å². The molecule has 3 N–H and O–H groups in total. The van der Waals surface area contributed by atoms with E-state index in [1.165, 1.54) is 32.4 Å². The number of nitrogens with two attached hydrogens (primary N) is 1. The molecule has 13 heteroatoms. The van der Waals surface area contributed by atoms with Crippen molar-refractivity contribution < 1.29 is 37.1 Å². The van der Waals surface area contributed by atoms with Gasteiger partial charge in [-0.1, -0.05) is 0 Å². The number of ether oxygens (including phenoxy) is 3. The summed E-state index contributed by atoms with van der Waals surface area (Å²) >= 11 is 0. The van der Waals surface area contributed by atoms with Gasteiger partial charge in [-0.05, 0) is 30.3 Å². The van der Waals surface area contributed by atoms with E-state index in [4.69, 9.17) is 19.9 Å². The fourth-order valence-corrected chi connectivity index (χ4v) is 3.36. The molecule has 0 amide bonds. The molecule has 0 unspecified atom stereocenters. The summed E-state index contributed by atoms with van der Waals surface area (Å²) in [5, 5.41) is 10.9. The average molecular weight is 453 g/mol. The first-order valence-electron chi connectivity index (χ1n) is 8.53. The van der Waals surface area contributed by atoms with E-state index in [9.17, 15) is 28.1 Å². The molecule has 0 heterocycles. The third kappa shape index (κ3) is 5.90. The number of nitro groups is 1. The summed E-state index contributed by atoms with van der Waals surface area (Å²) in [6.45, 7) is -1.43. The lowest BCUT2D eigenvalue weighted by Gasteiger charge is -2.10. The Bertz CT molecular complexity index is 1120. The first-order valence-corrected chi connectivity index (χ1v) is 10.0. The van der Waals surface area contributed by atoms with Crippen LogP contribution in [0, 0.1) is 10.1 Å². The summed E-state index contributed by atoms with van der Waals surface area (Å²) in [5.74, 6) is -0.855. The van der Waals surface area contributed by atoms with Crippen LogP contribution in [0.25, 0.3) is 0 Å². The van der Waals surface area contributed by atoms with Gasteiger partial charge in [0, 0.05) is 11.6 Å². The minimum atomic E-state index is -4.26. The van der Waals surface area contributed by atoms with Crippen LogP contribution in [0.1, 0.15) is 10.4 Å². The molecular formula is C18H19N3O9S. The maximum absolute atomic E-state index is 12.2. The number of Topliss-reactive ketones (excluding diaryl/α,β-unsaturated/α-hetero) is 1. The molecule has 0 fully saturated rings. The van der Waals surface area contributed by atoms with Crippen LogP contribution >= 0.6 is 0 Å². The number of anilines is 1. The smallest absolute Gasteiger partial charge is 0.321 e. The second-order valence-corrected chi connectivity index (χ2v) is 7.72. The monoisotopic (exact) mass is 453 g/mol. The zero-order valence-corrected chi connectivity index (χ0v) is 17.3. The third-order valence-corrected chi connectivity index (χ3v) is 5.38. The number of methoxy groups -OCH3 is 2. The third-order valence-electron chi connectivity index (χ3n) is 3.99. The molecule has 0 radical (unpaired) electrons. The number of sulfonamides is 1. The van der Waals surface area contributed by atoms with E-state index in [1.807, 2.05) is 4.72 Å². The van der Waals surface area contributed by atoms with Gasteiger partial charge in [0.2, 0.25) is 10.0 Å². The molecule has 31 heavy (non-hydrogen) atoms. The van der Waals surface area contributed by atoms with Gasteiger partial charge in [-0.25, -0.2) is 8.42 Å². The summed E-state index contributed by atoms with van der Waals surface area (Å²) in [4.78, 5) is 33.6. The summed E-state index contributed by atoms with van der Waals surface area (Å²) in [5.41, 5.74) is 4.82. The zero-order chi connectivity index (χ0) is 23.2. The Kier molecular flexibility index (Phi) is 7.50. The van der Waals surface area contributed by atoms with Crippen LogP contribution in [0.15, 0.2) is 41.3 Å². The summed E-state index contributed by atoms with van der Waals surface area (Å²) < 4.78 is 41.4. The molecule has 0 bridgehead atoms. The van der Waals surface area contributed by atoms with Crippen LogP contribution in [0.5, 0.6) is 11.5 Å². The number of nitro benzene ring substituents is 1. The van der Waals surface area contributed by atoms with Crippen molar-refractivity contribution in [3.8, 4) is 11.5 Å². The lowest BCUT2D eigenvalue weighted by Crippen LogP contribution is -2.31. The molecule has 0 aliphatic heterocycles. The van der Waals surface area contributed by atoms with E-state index in [1.54, 1.807) is 0 Å². The maximum atomic E-state index is 12.2. The van der Waals surface area contributed by atoms with Gasteiger partial charge in [0.1, 0.15) is 12.2 Å². The van der Waals surface area contributed by atoms with Crippen molar-refractivity contribution in [2.45, 2.75) is 4.90 Å². The second-order valence-electron chi connectivity index (χ2n) is 5.96. The predicted molar refractivity (Wildman–Crippen MR) is 108 cm³/mol. The first kappa shape index (κ1) is 23.6. The number of ketones is 1. The number of nitrogens with one attached hydrogen (secondary N) is 1. The van der Waals surface area contributed by atoms with E-state index in [0.29, 0.717) is 11.5 Å². The Labute approximate surface area is 177 Å². The Morgan fingerprint density at radius 3 is 2.39 bits per heavy atom. The first-order chi connectivity index (χ1) is 14.6. The average Bonchev–Trinajstić information content (AvgIpc) is 2.75. The number of hydrogen-bond acceptors (Lipinski definition) is 10. The standard InChI is InChI=1S/C18H19N3O9S/c1-28-16-6-3-11(7-17(16)29-2)15(22)10-30-18(23)9-20-31(26,27)12-4-5-13(19)14(8-12)21(24)25/h3-8,20H,9-10,19H2,1-2H3. The molecule has 12 nitrogen and oxygen atoms in total. The van der Waals surface area contributed by atoms with Crippen LogP contribution in [0.4, 0.5) is 11.4 Å². The lowest BCUT2D eigenvalue weighted by atomic mass is 10.1. The van der Waals surface area contributed by atoms with Gasteiger partial charge in [-0.2, -0.15) is 4.72 Å². The number of rotatable bonds is 10. The summed E-state index contributed by atoms with van der Waals surface area (Å²) in [7, 11) is -1.43. The molecule has 2 aromatic carbocycles. The molecule has 2 aromatic rings. The van der Waals surface area contributed by atoms with Crippen molar-refractivity contribution >= 4 is 33.2 Å². The number of hydrogen-bond donors (Lipinski definition) is 2. The highest BCUT2D eigenvalue weighted by atomic mass is 32.2. The van der Waals surface area contributed by atoms with Crippen molar-refractivity contribution in [3.05, 3.63) is 52.1 Å². The number of carbonyl (C=O) groups excluding carboxylic acids is 2. The largest absolute Gasteiger partial charge is 0.493 e. The normalized spacial score (nSPS) is 10.9. The fourth-order valence-electron chi connectivity index (χ4n) is 2.38. The number of benzene rings is 2. The summed E-state index contributed by atoms with van der Waals surface area (Å²) in [6, 6.07) is 7.25. The van der Waals surface area contributed by atoms with Gasteiger partial charge in [0.05, 0.1) is 24.0 Å². The molecule has 166 valence electrons. The van der Waals surface area contributed by atoms with Crippen LogP contribution < -0.4 is 19.9 Å². The quantitative estimate of drug-likeness (QED) is 0.173. The minimum absolute atomic E-state index is 0.195. The Hall–Kier alpha value is -3.71. The van der Waals surface area contributed by atoms with Gasteiger partial charge >= 0.3 is 5.97 Å². The van der Waals surface area contributed by atoms with Crippen molar-refractivity contribution in [2.24, 2.45) is 0 Å². The molecular weight excluding hydrogens is 434 g/mol. The molecule has 0 saturated heterocycles. The van der Waals surface area contributed by atoms with Crippen molar-refractivity contribution in [2.75, 3.05) is 33.1 Å². The highest BCUT2D eigenvalue weighted by molar-refractivity contribution is 7.89. The Morgan fingerprint density at radius 2 is 1.77 bits per heavy atom. The van der Waals surface area contributed by atoms with Crippen molar-refractivity contribution in [3.63, 3.8) is 0 Å². The Morgan fingerprint density at radius 1 is 1.10 bits per heavy atom. The Balaban J connectivity index is 1.97. The molecule has 0 saturated carbocycles. The van der Waals surface area contributed by atoms with E-state index in [2.05, 4.69) is 0 Å². The number of nitrogens with zero attached hydrogens (tertiary/aromatic N) is 1. The molecule has 0 aromatic heterocycles. The lowest BCUT2D eigenvalue weighted by molar-refractivity contribution is -0.384. The van der Waals surface area contributed by atoms with E-state index in [0.717, 1.165) is 18.2 Å². The van der Waals surface area contributed by atoms with Gasteiger partial charge in [-0.3, -0.25) is 19.7 Å². The maximum Gasteiger partial charge on any atom is 0.321 e. The number of nitrogen functional groups attached to an aromatic ring is 1. The predicted octanol–water partition coefficient (Wildman–Crippen LogP) is 0.899. The highest BCUT2D eigenvalue weighted by Gasteiger charge is 2.21. The van der Waals surface area contributed by atoms with Crippen LogP contribution in [0.3, 0.4) is 0 Å². The van der Waals surface area contributed by atoms with Gasteiger partial charge in [-0.15, -0.1) is 0 Å². The van der Waals surface area contributed by atoms with Crippen molar-refractivity contribution in [1.82, 2.24) is 4.72 Å². The molecule has 0 spiro atoms. The minimum Gasteiger partial charge on any atom is -0.493 e. The number of esters is 1. The SMILES string of the molecule is COc1ccc(C(=O)COC(=O)CNS(=O)(=O)c2ccc(N)c([N+](=O)[O-])c2)cc1OC. The van der Waals surface area contributed by atoms with Crippen LogP contribution in [-0.4, -0.2) is 52.5 Å². The van der Waals surface area contributed by atoms with E-state index < -0.39 is 50.4 Å². The van der Waals surface area contributed by atoms with Gasteiger partial charge in [0.15, 0.2) is 23.9 Å². The zero-order valence-electron chi connectivity index (χ0n) is 16.5. The van der Waals surface area contributed by atoms with Crippen molar-refractivity contribution in [1.29, 1.82) is 0 Å². The van der Waals surface area contributed by atoms with Gasteiger partial charge in [0.25, 0.3) is 5.69 Å². The molecule has 0 atom stereocenters. The van der Waals surface area contributed by atoms with Gasteiger partial charge < -0.3 is 19.9 Å². The molecule has 2 rings (SSSR count). The van der Waals surface area contributed by atoms with E-state index in [-0.39, 0.29) is 11.3 Å². The molecule has 0 aliphatic carbocycles. The highest BCUT2D eigenvalue weighted by Crippen LogP contribution is 2.28. The van der Waals surface area contributed by atoms with E-state index >= 15 is 0 Å². The van der Waals surface area contributed by atoms with Crippen LogP contribution in [-0.2, 0) is 19.6 Å².